The number of imidazole rings is 1. The molecule has 0 spiro atoms. The highest BCUT2D eigenvalue weighted by Crippen LogP contribution is 2.35. The first-order valence-corrected chi connectivity index (χ1v) is 13.4. The van der Waals surface area contributed by atoms with Gasteiger partial charge < -0.3 is 20.7 Å². The molecule has 7 nitrogen and oxygen atoms in total. The average Bonchev–Trinajstić information content (AvgIpc) is 3.59. The molecular weight excluding hydrogens is 572 g/mol. The number of carboxylic acids is 1. The number of H-pyrrole nitrogens is 1. The van der Waals surface area contributed by atoms with Crippen molar-refractivity contribution in [2.24, 2.45) is 0 Å². The number of carbonyl (C=O) groups is 1. The van der Waals surface area contributed by atoms with Crippen molar-refractivity contribution in [3.05, 3.63) is 65.7 Å². The predicted octanol–water partition coefficient (Wildman–Crippen LogP) is 5.61. The van der Waals surface area contributed by atoms with Crippen molar-refractivity contribution < 1.29 is 36.2 Å². The standard InChI is InChI=1S/C25H26F3N5S.C2HF3O2/c26-25(27,28)19-5-6-20-21(15-19)32-24(31-20)23-8-7-22(34-23)18-3-1-17(2-4-18)16-30-11-14-33-12-9-29-10-13-33;3-2(4,5)1(6)7/h1-8,15,29-30H,9-14,16H2,(H,31,32);(H,6,7). The number of hydrogen-bond acceptors (Lipinski definition) is 6. The second-order valence-electron chi connectivity index (χ2n) is 9.25. The minimum Gasteiger partial charge on any atom is -0.475 e. The van der Waals surface area contributed by atoms with E-state index in [4.69, 9.17) is 9.90 Å². The SMILES string of the molecule is FC(F)(F)c1ccc2nc(-c3ccc(-c4ccc(CNCCN5CCNCC5)cc4)s3)[nH]c2c1.O=C(O)C(F)(F)F. The molecule has 1 aliphatic rings. The second-order valence-corrected chi connectivity index (χ2v) is 10.3. The van der Waals surface area contributed by atoms with Crippen LogP contribution in [0, 0.1) is 0 Å². The zero-order valence-corrected chi connectivity index (χ0v) is 22.4. The number of rotatable bonds is 7. The zero-order valence-electron chi connectivity index (χ0n) is 21.6. The van der Waals surface area contributed by atoms with E-state index in [1.54, 1.807) is 11.3 Å². The number of piperazine rings is 1. The van der Waals surface area contributed by atoms with Crippen LogP contribution in [-0.4, -0.2) is 71.4 Å². The molecule has 0 atom stereocenters. The van der Waals surface area contributed by atoms with E-state index in [1.807, 2.05) is 12.1 Å². The van der Waals surface area contributed by atoms with Gasteiger partial charge >= 0.3 is 18.3 Å². The van der Waals surface area contributed by atoms with E-state index in [1.165, 1.54) is 11.6 Å². The molecule has 14 heteroatoms. The Kier molecular flexibility index (Phi) is 9.68. The zero-order chi connectivity index (χ0) is 29.6. The van der Waals surface area contributed by atoms with Crippen LogP contribution in [-0.2, 0) is 17.5 Å². The number of nitrogens with one attached hydrogen (secondary N) is 3. The number of carboxylic acid groups (broad SMARTS) is 1. The summed E-state index contributed by atoms with van der Waals surface area (Å²) in [6.45, 7) is 7.24. The Bertz CT molecular complexity index is 1440. The first-order chi connectivity index (χ1) is 19.4. The second kappa shape index (κ2) is 13.0. The molecule has 0 bridgehead atoms. The van der Waals surface area contributed by atoms with E-state index < -0.39 is 23.9 Å². The lowest BCUT2D eigenvalue weighted by molar-refractivity contribution is -0.192. The van der Waals surface area contributed by atoms with Crippen LogP contribution in [0.3, 0.4) is 0 Å². The van der Waals surface area contributed by atoms with Crippen molar-refractivity contribution in [2.75, 3.05) is 39.3 Å². The highest BCUT2D eigenvalue weighted by Gasteiger charge is 2.38. The summed E-state index contributed by atoms with van der Waals surface area (Å²) in [4.78, 5) is 20.9. The first kappa shape index (κ1) is 30.5. The molecule has 0 saturated carbocycles. The Morgan fingerprint density at radius 1 is 0.976 bits per heavy atom. The molecule has 4 aromatic rings. The van der Waals surface area contributed by atoms with Crippen molar-refractivity contribution >= 4 is 28.3 Å². The van der Waals surface area contributed by atoms with Gasteiger partial charge in [0, 0.05) is 50.7 Å². The molecule has 2 aromatic carbocycles. The third-order valence-electron chi connectivity index (χ3n) is 6.27. The molecule has 0 radical (unpaired) electrons. The van der Waals surface area contributed by atoms with Gasteiger partial charge in [-0.25, -0.2) is 9.78 Å². The molecule has 1 fully saturated rings. The summed E-state index contributed by atoms with van der Waals surface area (Å²) in [7, 11) is 0. The summed E-state index contributed by atoms with van der Waals surface area (Å²) >= 11 is 1.56. The van der Waals surface area contributed by atoms with Crippen molar-refractivity contribution in [3.63, 3.8) is 0 Å². The number of aliphatic carboxylic acids is 1. The number of benzene rings is 2. The number of thiophene rings is 1. The summed E-state index contributed by atoms with van der Waals surface area (Å²) in [6, 6.07) is 16.0. The largest absolute Gasteiger partial charge is 0.490 e. The van der Waals surface area contributed by atoms with E-state index in [-0.39, 0.29) is 0 Å². The maximum Gasteiger partial charge on any atom is 0.490 e. The number of fused-ring (bicyclic) bond motifs is 1. The lowest BCUT2D eigenvalue weighted by Gasteiger charge is -2.27. The molecular formula is C27H27F6N5O2S. The van der Waals surface area contributed by atoms with Gasteiger partial charge in [0.15, 0.2) is 0 Å². The molecule has 0 aliphatic carbocycles. The van der Waals surface area contributed by atoms with Crippen LogP contribution in [0.5, 0.6) is 0 Å². The lowest BCUT2D eigenvalue weighted by Crippen LogP contribution is -2.45. The summed E-state index contributed by atoms with van der Waals surface area (Å²) in [5, 5.41) is 14.0. The van der Waals surface area contributed by atoms with Crippen LogP contribution in [0.4, 0.5) is 26.3 Å². The van der Waals surface area contributed by atoms with Crippen molar-refractivity contribution in [1.29, 1.82) is 0 Å². The molecule has 2 aromatic heterocycles. The Morgan fingerprint density at radius 3 is 2.27 bits per heavy atom. The van der Waals surface area contributed by atoms with Crippen LogP contribution in [0.2, 0.25) is 0 Å². The molecule has 220 valence electrons. The molecule has 1 saturated heterocycles. The molecule has 0 unspecified atom stereocenters. The molecule has 1 aliphatic heterocycles. The Balaban J connectivity index is 0.000000493. The van der Waals surface area contributed by atoms with Crippen molar-refractivity contribution in [2.45, 2.75) is 18.9 Å². The van der Waals surface area contributed by atoms with Crippen LogP contribution in [0.25, 0.3) is 32.2 Å². The van der Waals surface area contributed by atoms with Gasteiger partial charge in [0.1, 0.15) is 5.82 Å². The highest BCUT2D eigenvalue weighted by atomic mass is 32.1. The summed E-state index contributed by atoms with van der Waals surface area (Å²) < 4.78 is 70.7. The number of alkyl halides is 6. The van der Waals surface area contributed by atoms with Crippen LogP contribution in [0.1, 0.15) is 11.1 Å². The van der Waals surface area contributed by atoms with Gasteiger partial charge in [-0.1, -0.05) is 24.3 Å². The molecule has 41 heavy (non-hydrogen) atoms. The number of nitrogens with zero attached hydrogens (tertiary/aromatic N) is 2. The first-order valence-electron chi connectivity index (χ1n) is 12.6. The van der Waals surface area contributed by atoms with Gasteiger partial charge in [-0.3, -0.25) is 4.90 Å². The summed E-state index contributed by atoms with van der Waals surface area (Å²) in [5.74, 6) is -2.18. The smallest absolute Gasteiger partial charge is 0.475 e. The van der Waals surface area contributed by atoms with Gasteiger partial charge in [0.2, 0.25) is 0 Å². The van der Waals surface area contributed by atoms with Gasteiger partial charge in [0.25, 0.3) is 0 Å². The fraction of sp³-hybridized carbons (Fsp3) is 0.333. The molecule has 3 heterocycles. The van der Waals surface area contributed by atoms with Crippen LogP contribution in [0.15, 0.2) is 54.6 Å². The lowest BCUT2D eigenvalue weighted by atomic mass is 10.1. The minimum atomic E-state index is -5.08. The van der Waals surface area contributed by atoms with E-state index in [9.17, 15) is 26.3 Å². The third kappa shape index (κ3) is 8.52. The highest BCUT2D eigenvalue weighted by molar-refractivity contribution is 7.18. The summed E-state index contributed by atoms with van der Waals surface area (Å²) in [6.07, 6.45) is -9.46. The van der Waals surface area contributed by atoms with E-state index in [0.717, 1.165) is 73.3 Å². The van der Waals surface area contributed by atoms with E-state index in [0.29, 0.717) is 16.9 Å². The van der Waals surface area contributed by atoms with E-state index >= 15 is 0 Å². The predicted molar refractivity (Wildman–Crippen MR) is 145 cm³/mol. The fourth-order valence-corrected chi connectivity index (χ4v) is 5.07. The van der Waals surface area contributed by atoms with Crippen molar-refractivity contribution in [3.8, 4) is 21.1 Å². The Morgan fingerprint density at radius 2 is 1.63 bits per heavy atom. The molecule has 0 amide bonds. The van der Waals surface area contributed by atoms with Crippen LogP contribution < -0.4 is 10.6 Å². The average molecular weight is 600 g/mol. The molecule has 5 rings (SSSR count). The van der Waals surface area contributed by atoms with Gasteiger partial charge in [0.05, 0.1) is 21.5 Å². The van der Waals surface area contributed by atoms with Crippen molar-refractivity contribution in [1.82, 2.24) is 25.5 Å². The van der Waals surface area contributed by atoms with E-state index in [2.05, 4.69) is 49.8 Å². The Hall–Kier alpha value is -3.46. The number of hydrogen-bond donors (Lipinski definition) is 4. The molecule has 4 N–H and O–H groups in total. The Labute approximate surface area is 235 Å². The van der Waals surface area contributed by atoms with Gasteiger partial charge in [-0.05, 0) is 41.5 Å². The number of halogens is 6. The number of aromatic nitrogens is 2. The quantitative estimate of drug-likeness (QED) is 0.163. The topological polar surface area (TPSA) is 93.3 Å². The maximum atomic E-state index is 13.0. The minimum absolute atomic E-state index is 0.383. The van der Waals surface area contributed by atoms with Gasteiger partial charge in [-0.15, -0.1) is 11.3 Å². The van der Waals surface area contributed by atoms with Crippen LogP contribution >= 0.6 is 11.3 Å². The van der Waals surface area contributed by atoms with Gasteiger partial charge in [-0.2, -0.15) is 26.3 Å². The summed E-state index contributed by atoms with van der Waals surface area (Å²) in [5.41, 5.74) is 2.57. The normalized spacial score (nSPS) is 14.6. The monoisotopic (exact) mass is 599 g/mol. The fourth-order valence-electron chi connectivity index (χ4n) is 4.11. The number of aromatic amines is 1. The maximum absolute atomic E-state index is 13.0. The third-order valence-corrected chi connectivity index (χ3v) is 7.41.